The van der Waals surface area contributed by atoms with Crippen molar-refractivity contribution in [2.24, 2.45) is 0 Å². The lowest BCUT2D eigenvalue weighted by atomic mass is 10.1. The summed E-state index contributed by atoms with van der Waals surface area (Å²) in [5, 5.41) is 3.29. The van der Waals surface area contributed by atoms with Gasteiger partial charge in [0.25, 0.3) is 0 Å². The first-order chi connectivity index (χ1) is 8.22. The van der Waals surface area contributed by atoms with Gasteiger partial charge in [0.05, 0.1) is 0 Å². The van der Waals surface area contributed by atoms with E-state index in [0.29, 0.717) is 6.04 Å². The lowest BCUT2D eigenvalue weighted by Gasteiger charge is -2.16. The zero-order valence-corrected chi connectivity index (χ0v) is 10.8. The Labute approximate surface area is 103 Å². The molecular formula is C15H20N2. The molecule has 1 atom stereocenters. The van der Waals surface area contributed by atoms with Crippen LogP contribution in [0, 0.1) is 6.92 Å². The maximum Gasteiger partial charge on any atom is 0.0476 e. The van der Waals surface area contributed by atoms with Crippen LogP contribution >= 0.6 is 0 Å². The quantitative estimate of drug-likeness (QED) is 0.850. The third kappa shape index (κ3) is 2.59. The van der Waals surface area contributed by atoms with Crippen molar-refractivity contribution >= 4 is 0 Å². The summed E-state index contributed by atoms with van der Waals surface area (Å²) < 4.78 is 2.31. The van der Waals surface area contributed by atoms with Crippen molar-refractivity contribution in [1.82, 2.24) is 9.88 Å². The van der Waals surface area contributed by atoms with E-state index in [0.717, 1.165) is 6.54 Å². The standard InChI is InChI=1S/C15H20N2/c1-12-7-4-5-8-14(12)11-17-10-6-9-15(17)13(2)16-3/h4-10,13,16H,11H2,1-3H3. The van der Waals surface area contributed by atoms with Crippen molar-refractivity contribution in [3.8, 4) is 0 Å². The first-order valence-electron chi connectivity index (χ1n) is 6.09. The normalized spacial score (nSPS) is 12.6. The molecular weight excluding hydrogens is 208 g/mol. The topological polar surface area (TPSA) is 17.0 Å². The van der Waals surface area contributed by atoms with Crippen molar-refractivity contribution in [2.45, 2.75) is 26.4 Å². The molecule has 1 aromatic carbocycles. The van der Waals surface area contributed by atoms with E-state index in [1.807, 2.05) is 7.05 Å². The number of benzene rings is 1. The smallest absolute Gasteiger partial charge is 0.0476 e. The molecule has 2 nitrogen and oxygen atoms in total. The van der Waals surface area contributed by atoms with Crippen LogP contribution in [0.2, 0.25) is 0 Å². The molecule has 90 valence electrons. The van der Waals surface area contributed by atoms with E-state index in [4.69, 9.17) is 0 Å². The van der Waals surface area contributed by atoms with Gasteiger partial charge in [-0.25, -0.2) is 0 Å². The van der Waals surface area contributed by atoms with Crippen LogP contribution in [0.1, 0.15) is 29.8 Å². The predicted octanol–water partition coefficient (Wildman–Crippen LogP) is 3.13. The van der Waals surface area contributed by atoms with Gasteiger partial charge < -0.3 is 9.88 Å². The third-order valence-corrected chi connectivity index (χ3v) is 3.34. The van der Waals surface area contributed by atoms with Gasteiger partial charge in [-0.15, -0.1) is 0 Å². The van der Waals surface area contributed by atoms with E-state index in [-0.39, 0.29) is 0 Å². The minimum absolute atomic E-state index is 0.383. The van der Waals surface area contributed by atoms with Gasteiger partial charge in [-0.1, -0.05) is 24.3 Å². The molecule has 1 N–H and O–H groups in total. The molecule has 2 aromatic rings. The number of hydrogen-bond donors (Lipinski definition) is 1. The Morgan fingerprint density at radius 1 is 1.18 bits per heavy atom. The molecule has 2 heteroatoms. The average Bonchev–Trinajstić information content (AvgIpc) is 2.79. The maximum atomic E-state index is 3.29. The number of rotatable bonds is 4. The first-order valence-corrected chi connectivity index (χ1v) is 6.09. The minimum atomic E-state index is 0.383. The molecule has 0 saturated carbocycles. The van der Waals surface area contributed by atoms with Gasteiger partial charge in [-0.3, -0.25) is 0 Å². The van der Waals surface area contributed by atoms with Crippen LogP contribution in [-0.4, -0.2) is 11.6 Å². The summed E-state index contributed by atoms with van der Waals surface area (Å²) >= 11 is 0. The molecule has 0 fully saturated rings. The third-order valence-electron chi connectivity index (χ3n) is 3.34. The monoisotopic (exact) mass is 228 g/mol. The summed E-state index contributed by atoms with van der Waals surface area (Å²) in [6, 6.07) is 13.2. The van der Waals surface area contributed by atoms with Crippen molar-refractivity contribution < 1.29 is 0 Å². The molecule has 2 rings (SSSR count). The fourth-order valence-electron chi connectivity index (χ4n) is 2.08. The van der Waals surface area contributed by atoms with Crippen molar-refractivity contribution in [1.29, 1.82) is 0 Å². The van der Waals surface area contributed by atoms with Crippen LogP contribution in [0.5, 0.6) is 0 Å². The molecule has 1 heterocycles. The number of hydrogen-bond acceptors (Lipinski definition) is 1. The summed E-state index contributed by atoms with van der Waals surface area (Å²) in [5.74, 6) is 0. The highest BCUT2D eigenvalue weighted by Crippen LogP contribution is 2.16. The minimum Gasteiger partial charge on any atom is -0.346 e. The van der Waals surface area contributed by atoms with Gasteiger partial charge in [0, 0.05) is 24.5 Å². The highest BCUT2D eigenvalue weighted by molar-refractivity contribution is 5.27. The summed E-state index contributed by atoms with van der Waals surface area (Å²) in [6.45, 7) is 5.30. The van der Waals surface area contributed by atoms with E-state index in [2.05, 4.69) is 66.3 Å². The summed E-state index contributed by atoms with van der Waals surface area (Å²) in [5.41, 5.74) is 4.06. The van der Waals surface area contributed by atoms with Crippen LogP contribution in [0.25, 0.3) is 0 Å². The lowest BCUT2D eigenvalue weighted by Crippen LogP contribution is -2.17. The second-order valence-corrected chi connectivity index (χ2v) is 4.50. The van der Waals surface area contributed by atoms with Gasteiger partial charge in [-0.05, 0) is 44.2 Å². The molecule has 0 bridgehead atoms. The largest absolute Gasteiger partial charge is 0.346 e. The van der Waals surface area contributed by atoms with Crippen molar-refractivity contribution in [3.63, 3.8) is 0 Å². The van der Waals surface area contributed by atoms with Gasteiger partial charge >= 0.3 is 0 Å². The molecule has 0 amide bonds. The fourth-order valence-corrected chi connectivity index (χ4v) is 2.08. The molecule has 0 radical (unpaired) electrons. The zero-order chi connectivity index (χ0) is 12.3. The Kier molecular flexibility index (Phi) is 3.64. The zero-order valence-electron chi connectivity index (χ0n) is 10.8. The molecule has 0 aliphatic rings. The van der Waals surface area contributed by atoms with E-state index < -0.39 is 0 Å². The number of nitrogens with one attached hydrogen (secondary N) is 1. The molecule has 0 aliphatic heterocycles. The van der Waals surface area contributed by atoms with Crippen LogP contribution < -0.4 is 5.32 Å². The Bertz CT molecular complexity index is 485. The summed E-state index contributed by atoms with van der Waals surface area (Å²) in [4.78, 5) is 0. The molecule has 1 aromatic heterocycles. The molecule has 0 spiro atoms. The van der Waals surface area contributed by atoms with Gasteiger partial charge in [-0.2, -0.15) is 0 Å². The second-order valence-electron chi connectivity index (χ2n) is 4.50. The predicted molar refractivity (Wildman–Crippen MR) is 72.2 cm³/mol. The van der Waals surface area contributed by atoms with Crippen LogP contribution in [0.4, 0.5) is 0 Å². The van der Waals surface area contributed by atoms with Crippen LogP contribution in [0.15, 0.2) is 42.6 Å². The Morgan fingerprint density at radius 2 is 1.94 bits per heavy atom. The molecule has 1 unspecified atom stereocenters. The summed E-state index contributed by atoms with van der Waals surface area (Å²) in [7, 11) is 2.00. The molecule has 17 heavy (non-hydrogen) atoms. The SMILES string of the molecule is CNC(C)c1cccn1Cc1ccccc1C. The number of aryl methyl sites for hydroxylation is 1. The Balaban J connectivity index is 2.25. The van der Waals surface area contributed by atoms with E-state index in [9.17, 15) is 0 Å². The fraction of sp³-hybridized carbons (Fsp3) is 0.333. The maximum absolute atomic E-state index is 3.29. The van der Waals surface area contributed by atoms with Gasteiger partial charge in [0.15, 0.2) is 0 Å². The van der Waals surface area contributed by atoms with E-state index >= 15 is 0 Å². The van der Waals surface area contributed by atoms with E-state index in [1.54, 1.807) is 0 Å². The first kappa shape index (κ1) is 11.9. The van der Waals surface area contributed by atoms with Crippen LogP contribution in [0.3, 0.4) is 0 Å². The number of nitrogens with zero attached hydrogens (tertiary/aromatic N) is 1. The number of aromatic nitrogens is 1. The van der Waals surface area contributed by atoms with E-state index in [1.165, 1.54) is 16.8 Å². The summed E-state index contributed by atoms with van der Waals surface area (Å²) in [6.07, 6.45) is 2.15. The Hall–Kier alpha value is -1.54. The second kappa shape index (κ2) is 5.19. The van der Waals surface area contributed by atoms with Crippen LogP contribution in [-0.2, 0) is 6.54 Å². The van der Waals surface area contributed by atoms with Gasteiger partial charge in [0.2, 0.25) is 0 Å². The highest BCUT2D eigenvalue weighted by Gasteiger charge is 2.08. The highest BCUT2D eigenvalue weighted by atomic mass is 15.0. The molecule has 0 aliphatic carbocycles. The lowest BCUT2D eigenvalue weighted by molar-refractivity contribution is 0.589. The van der Waals surface area contributed by atoms with Gasteiger partial charge in [0.1, 0.15) is 0 Å². The Morgan fingerprint density at radius 3 is 2.65 bits per heavy atom. The van der Waals surface area contributed by atoms with Crippen molar-refractivity contribution in [2.75, 3.05) is 7.05 Å². The van der Waals surface area contributed by atoms with Crippen molar-refractivity contribution in [3.05, 3.63) is 59.4 Å². The average molecular weight is 228 g/mol. The molecule has 0 saturated heterocycles.